The average Bonchev–Trinajstić information content (AvgIpc) is 2.94. The summed E-state index contributed by atoms with van der Waals surface area (Å²) in [5.74, 6) is 1.49. The molecule has 1 heterocycles. The predicted molar refractivity (Wildman–Crippen MR) is 91.2 cm³/mol. The molecular weight excluding hydrogens is 278 g/mol. The summed E-state index contributed by atoms with van der Waals surface area (Å²) in [7, 11) is 0. The average molecular weight is 303 g/mol. The van der Waals surface area contributed by atoms with E-state index in [1.165, 1.54) is 21.7 Å². The van der Waals surface area contributed by atoms with Gasteiger partial charge in [-0.25, -0.2) is 0 Å². The van der Waals surface area contributed by atoms with E-state index < -0.39 is 0 Å². The van der Waals surface area contributed by atoms with E-state index in [9.17, 15) is 0 Å². The number of benzene rings is 1. The molecule has 0 saturated carbocycles. The minimum atomic E-state index is 0.534. The Morgan fingerprint density at radius 2 is 1.95 bits per heavy atom. The molecule has 0 spiro atoms. The van der Waals surface area contributed by atoms with E-state index >= 15 is 0 Å². The summed E-state index contributed by atoms with van der Waals surface area (Å²) < 4.78 is 5.91. The van der Waals surface area contributed by atoms with E-state index in [0.717, 1.165) is 18.8 Å². The van der Waals surface area contributed by atoms with Crippen molar-refractivity contribution in [3.05, 3.63) is 51.7 Å². The number of hydrogen-bond acceptors (Lipinski definition) is 3. The highest BCUT2D eigenvalue weighted by Crippen LogP contribution is 2.22. The maximum absolute atomic E-state index is 5.91. The topological polar surface area (TPSA) is 21.3 Å². The Labute approximate surface area is 132 Å². The van der Waals surface area contributed by atoms with Crippen LogP contribution < -0.4 is 10.1 Å². The van der Waals surface area contributed by atoms with E-state index in [-0.39, 0.29) is 0 Å². The molecule has 2 rings (SSSR count). The Morgan fingerprint density at radius 3 is 2.71 bits per heavy atom. The van der Waals surface area contributed by atoms with Crippen LogP contribution in [0.25, 0.3) is 0 Å². The van der Waals surface area contributed by atoms with Crippen LogP contribution >= 0.6 is 11.3 Å². The number of ether oxygens (including phenoxy) is 1. The Hall–Kier alpha value is -1.32. The maximum atomic E-state index is 5.91. The van der Waals surface area contributed by atoms with Crippen LogP contribution in [-0.4, -0.2) is 6.54 Å². The van der Waals surface area contributed by atoms with Gasteiger partial charge in [-0.1, -0.05) is 32.9 Å². The molecule has 0 radical (unpaired) electrons. The fourth-order valence-electron chi connectivity index (χ4n) is 2.10. The zero-order valence-corrected chi connectivity index (χ0v) is 14.0. The van der Waals surface area contributed by atoms with Gasteiger partial charge in [0.2, 0.25) is 0 Å². The van der Waals surface area contributed by atoms with Crippen LogP contribution in [-0.2, 0) is 13.2 Å². The zero-order chi connectivity index (χ0) is 15.1. The number of nitrogens with one attached hydrogen (secondary N) is 1. The molecule has 0 fully saturated rings. The molecule has 0 amide bonds. The van der Waals surface area contributed by atoms with E-state index in [2.05, 4.69) is 56.4 Å². The Balaban J connectivity index is 1.86. The minimum Gasteiger partial charge on any atom is -0.488 e. The van der Waals surface area contributed by atoms with E-state index in [1.54, 1.807) is 0 Å². The summed E-state index contributed by atoms with van der Waals surface area (Å²) in [5.41, 5.74) is 1.32. The molecule has 0 aliphatic heterocycles. The number of hydrogen-bond donors (Lipinski definition) is 1. The highest BCUT2D eigenvalue weighted by molar-refractivity contribution is 7.11. The lowest BCUT2D eigenvalue weighted by Gasteiger charge is -2.09. The summed E-state index contributed by atoms with van der Waals surface area (Å²) >= 11 is 1.83. The van der Waals surface area contributed by atoms with Gasteiger partial charge in [-0.3, -0.25) is 0 Å². The van der Waals surface area contributed by atoms with Crippen LogP contribution in [0.1, 0.15) is 48.4 Å². The van der Waals surface area contributed by atoms with Crippen molar-refractivity contribution in [3.8, 4) is 5.75 Å². The standard InChI is InChI=1S/C18H25NOS/c1-4-10-19-12-17-8-9-18(21-17)13-20-16-7-5-6-15(11-16)14(2)3/h5-9,11,14,19H,4,10,12-13H2,1-3H3. The van der Waals surface area contributed by atoms with Gasteiger partial charge in [-0.2, -0.15) is 0 Å². The second-order valence-electron chi connectivity index (χ2n) is 5.56. The van der Waals surface area contributed by atoms with Gasteiger partial charge >= 0.3 is 0 Å². The normalized spacial score (nSPS) is 11.0. The maximum Gasteiger partial charge on any atom is 0.122 e. The quantitative estimate of drug-likeness (QED) is 0.697. The molecule has 0 bridgehead atoms. The molecule has 0 saturated heterocycles. The molecule has 0 aliphatic rings. The molecule has 0 aliphatic carbocycles. The first-order chi connectivity index (χ1) is 10.2. The summed E-state index contributed by atoms with van der Waals surface area (Å²) in [5, 5.41) is 3.43. The van der Waals surface area contributed by atoms with Crippen LogP contribution in [0.5, 0.6) is 5.75 Å². The first kappa shape index (κ1) is 16.1. The van der Waals surface area contributed by atoms with Crippen LogP contribution in [0.4, 0.5) is 0 Å². The van der Waals surface area contributed by atoms with Crippen LogP contribution in [0.3, 0.4) is 0 Å². The third-order valence-electron chi connectivity index (χ3n) is 3.35. The van der Waals surface area contributed by atoms with Gasteiger partial charge in [0.15, 0.2) is 0 Å². The van der Waals surface area contributed by atoms with Crippen LogP contribution in [0.15, 0.2) is 36.4 Å². The lowest BCUT2D eigenvalue weighted by Crippen LogP contribution is -2.12. The Bertz CT molecular complexity index is 548. The summed E-state index contributed by atoms with van der Waals surface area (Å²) in [6, 6.07) is 12.8. The molecule has 0 atom stereocenters. The lowest BCUT2D eigenvalue weighted by atomic mass is 10.0. The second kappa shape index (κ2) is 8.20. The summed E-state index contributed by atoms with van der Waals surface area (Å²) in [6.07, 6.45) is 1.17. The first-order valence-corrected chi connectivity index (χ1v) is 8.51. The van der Waals surface area contributed by atoms with Crippen molar-refractivity contribution < 1.29 is 4.74 Å². The lowest BCUT2D eigenvalue weighted by molar-refractivity contribution is 0.309. The van der Waals surface area contributed by atoms with Crippen molar-refractivity contribution >= 4 is 11.3 Å². The highest BCUT2D eigenvalue weighted by atomic mass is 32.1. The molecule has 1 aromatic carbocycles. The Kier molecular flexibility index (Phi) is 6.27. The van der Waals surface area contributed by atoms with Crippen LogP contribution in [0, 0.1) is 0 Å². The van der Waals surface area contributed by atoms with Crippen molar-refractivity contribution in [2.75, 3.05) is 6.54 Å². The van der Waals surface area contributed by atoms with Gasteiger partial charge < -0.3 is 10.1 Å². The third-order valence-corrected chi connectivity index (χ3v) is 4.41. The molecular formula is C18H25NOS. The van der Waals surface area contributed by atoms with E-state index in [0.29, 0.717) is 12.5 Å². The van der Waals surface area contributed by atoms with Crippen molar-refractivity contribution in [2.24, 2.45) is 0 Å². The third kappa shape index (κ3) is 5.18. The molecule has 2 nitrogen and oxygen atoms in total. The number of thiophene rings is 1. The molecule has 21 heavy (non-hydrogen) atoms. The van der Waals surface area contributed by atoms with Gasteiger partial charge in [-0.15, -0.1) is 11.3 Å². The van der Waals surface area contributed by atoms with Crippen molar-refractivity contribution in [1.29, 1.82) is 0 Å². The SMILES string of the molecule is CCCNCc1ccc(COc2cccc(C(C)C)c2)s1. The monoisotopic (exact) mass is 303 g/mol. The molecule has 3 heteroatoms. The van der Waals surface area contributed by atoms with Gasteiger partial charge in [-0.05, 0) is 48.7 Å². The highest BCUT2D eigenvalue weighted by Gasteiger charge is 2.03. The molecule has 1 N–H and O–H groups in total. The molecule has 0 unspecified atom stereocenters. The minimum absolute atomic E-state index is 0.534. The van der Waals surface area contributed by atoms with Crippen molar-refractivity contribution in [2.45, 2.75) is 46.3 Å². The molecule has 1 aromatic heterocycles. The van der Waals surface area contributed by atoms with Gasteiger partial charge in [0, 0.05) is 16.3 Å². The van der Waals surface area contributed by atoms with Crippen LogP contribution in [0.2, 0.25) is 0 Å². The first-order valence-electron chi connectivity index (χ1n) is 7.70. The smallest absolute Gasteiger partial charge is 0.122 e. The summed E-state index contributed by atoms with van der Waals surface area (Å²) in [4.78, 5) is 2.65. The molecule has 114 valence electrons. The van der Waals surface area contributed by atoms with Gasteiger partial charge in [0.05, 0.1) is 0 Å². The van der Waals surface area contributed by atoms with Crippen molar-refractivity contribution in [1.82, 2.24) is 5.32 Å². The number of rotatable bonds is 8. The predicted octanol–water partition coefficient (Wildman–Crippen LogP) is 4.95. The fraction of sp³-hybridized carbons (Fsp3) is 0.444. The molecule has 2 aromatic rings. The largest absolute Gasteiger partial charge is 0.488 e. The zero-order valence-electron chi connectivity index (χ0n) is 13.2. The Morgan fingerprint density at radius 1 is 1.14 bits per heavy atom. The second-order valence-corrected chi connectivity index (χ2v) is 6.81. The van der Waals surface area contributed by atoms with E-state index in [4.69, 9.17) is 4.74 Å². The van der Waals surface area contributed by atoms with Crippen molar-refractivity contribution in [3.63, 3.8) is 0 Å². The fourth-order valence-corrected chi connectivity index (χ4v) is 3.00. The van der Waals surface area contributed by atoms with Gasteiger partial charge in [0.25, 0.3) is 0 Å². The van der Waals surface area contributed by atoms with E-state index in [1.807, 2.05) is 17.4 Å². The van der Waals surface area contributed by atoms with Gasteiger partial charge in [0.1, 0.15) is 12.4 Å². The summed E-state index contributed by atoms with van der Waals surface area (Å²) in [6.45, 7) is 9.28.